The van der Waals surface area contributed by atoms with Crippen molar-refractivity contribution in [3.8, 4) is 11.5 Å². The van der Waals surface area contributed by atoms with Crippen LogP contribution in [0.4, 0.5) is 0 Å². The van der Waals surface area contributed by atoms with Gasteiger partial charge in [0.15, 0.2) is 18.1 Å². The molecule has 0 aromatic heterocycles. The molecule has 0 fully saturated rings. The van der Waals surface area contributed by atoms with Crippen molar-refractivity contribution in [1.29, 1.82) is 0 Å². The summed E-state index contributed by atoms with van der Waals surface area (Å²) in [5.74, 6) is 0.937. The highest BCUT2D eigenvalue weighted by atomic mass is 16.5. The second-order valence-corrected chi connectivity index (χ2v) is 5.64. The molecule has 0 heterocycles. The Bertz CT molecular complexity index is 484. The molecule has 1 rings (SSSR count). The average molecular weight is 310 g/mol. The van der Waals surface area contributed by atoms with E-state index in [1.54, 1.807) is 27.0 Å². The minimum absolute atomic E-state index is 0.0412. The predicted octanol–water partition coefficient (Wildman–Crippen LogP) is 1.07. The van der Waals surface area contributed by atoms with E-state index in [2.05, 4.69) is 10.6 Å². The van der Waals surface area contributed by atoms with Crippen molar-refractivity contribution in [3.63, 3.8) is 0 Å². The van der Waals surface area contributed by atoms with E-state index in [0.717, 1.165) is 5.56 Å². The number of benzene rings is 1. The molecule has 0 aliphatic heterocycles. The smallest absolute Gasteiger partial charge is 0.257 e. The van der Waals surface area contributed by atoms with Crippen molar-refractivity contribution in [3.05, 3.63) is 23.8 Å². The molecule has 0 aliphatic carbocycles. The lowest BCUT2D eigenvalue weighted by molar-refractivity contribution is -0.123. The van der Waals surface area contributed by atoms with Gasteiger partial charge in [0, 0.05) is 19.6 Å². The van der Waals surface area contributed by atoms with Gasteiger partial charge in [-0.3, -0.25) is 4.79 Å². The number of aliphatic hydroxyl groups is 1. The summed E-state index contributed by atoms with van der Waals surface area (Å²) in [6.45, 7) is 6.99. The monoisotopic (exact) mass is 310 g/mol. The average Bonchev–Trinajstić information content (AvgIpc) is 2.44. The van der Waals surface area contributed by atoms with E-state index in [-0.39, 0.29) is 12.5 Å². The molecule has 0 unspecified atom stereocenters. The first-order valence-electron chi connectivity index (χ1n) is 7.35. The van der Waals surface area contributed by atoms with Crippen LogP contribution in [0.25, 0.3) is 0 Å². The highest BCUT2D eigenvalue weighted by Gasteiger charge is 2.12. The third kappa shape index (κ3) is 6.78. The van der Waals surface area contributed by atoms with Crippen molar-refractivity contribution < 1.29 is 19.4 Å². The predicted molar refractivity (Wildman–Crippen MR) is 85.2 cm³/mol. The molecular formula is C16H26N2O4. The zero-order chi connectivity index (χ0) is 16.6. The molecular weight excluding hydrogens is 284 g/mol. The molecule has 0 bridgehead atoms. The van der Waals surface area contributed by atoms with Crippen LogP contribution in [0, 0.1) is 0 Å². The molecule has 0 atom stereocenters. The van der Waals surface area contributed by atoms with E-state index in [9.17, 15) is 9.90 Å². The zero-order valence-corrected chi connectivity index (χ0v) is 13.7. The third-order valence-electron chi connectivity index (χ3n) is 2.85. The molecule has 3 N–H and O–H groups in total. The summed E-state index contributed by atoms with van der Waals surface area (Å²) >= 11 is 0. The first-order valence-corrected chi connectivity index (χ1v) is 7.35. The van der Waals surface area contributed by atoms with Crippen LogP contribution in [-0.4, -0.2) is 43.4 Å². The van der Waals surface area contributed by atoms with Gasteiger partial charge in [-0.2, -0.15) is 0 Å². The fraction of sp³-hybridized carbons (Fsp3) is 0.562. The number of carbonyl (C=O) groups excluding carboxylic acids is 1. The summed E-state index contributed by atoms with van der Waals surface area (Å²) in [7, 11) is 1.56. The number of hydrogen-bond donors (Lipinski definition) is 3. The number of likely N-dealkylation sites (N-methyl/N-ethyl adjacent to an activating group) is 1. The van der Waals surface area contributed by atoms with E-state index in [0.29, 0.717) is 31.1 Å². The van der Waals surface area contributed by atoms with Crippen LogP contribution in [0.1, 0.15) is 26.3 Å². The van der Waals surface area contributed by atoms with Gasteiger partial charge in [-0.15, -0.1) is 0 Å². The van der Waals surface area contributed by atoms with Gasteiger partial charge in [-0.05, 0) is 38.5 Å². The molecule has 124 valence electrons. The maximum atomic E-state index is 11.4. The van der Waals surface area contributed by atoms with Crippen LogP contribution in [0.15, 0.2) is 18.2 Å². The summed E-state index contributed by atoms with van der Waals surface area (Å²) in [4.78, 5) is 11.4. The van der Waals surface area contributed by atoms with Gasteiger partial charge in [-0.25, -0.2) is 0 Å². The fourth-order valence-electron chi connectivity index (χ4n) is 1.85. The molecule has 1 aromatic rings. The van der Waals surface area contributed by atoms with Gasteiger partial charge in [0.05, 0.1) is 12.7 Å². The highest BCUT2D eigenvalue weighted by Crippen LogP contribution is 2.28. The standard InChI is InChI=1S/C16H26N2O4/c1-5-18-15(19)10-22-13-7-6-12(8-14(13)21-4)9-17-11-16(2,3)20/h6-8,17,20H,5,9-11H2,1-4H3,(H,18,19). The minimum Gasteiger partial charge on any atom is -0.493 e. The van der Waals surface area contributed by atoms with Gasteiger partial charge >= 0.3 is 0 Å². The Balaban J connectivity index is 2.60. The van der Waals surface area contributed by atoms with Crippen molar-refractivity contribution in [2.45, 2.75) is 32.9 Å². The van der Waals surface area contributed by atoms with E-state index in [1.165, 1.54) is 0 Å². The third-order valence-corrected chi connectivity index (χ3v) is 2.85. The normalized spacial score (nSPS) is 11.1. The maximum Gasteiger partial charge on any atom is 0.257 e. The van der Waals surface area contributed by atoms with Crippen molar-refractivity contribution in [1.82, 2.24) is 10.6 Å². The summed E-state index contributed by atoms with van der Waals surface area (Å²) in [6, 6.07) is 5.52. The summed E-state index contributed by atoms with van der Waals surface area (Å²) in [5.41, 5.74) is 0.256. The maximum absolute atomic E-state index is 11.4. The molecule has 6 heteroatoms. The van der Waals surface area contributed by atoms with Gasteiger partial charge in [0.2, 0.25) is 0 Å². The van der Waals surface area contributed by atoms with Crippen LogP contribution >= 0.6 is 0 Å². The first-order chi connectivity index (χ1) is 10.4. The first kappa shape index (κ1) is 18.3. The number of rotatable bonds is 9. The van der Waals surface area contributed by atoms with Crippen LogP contribution in [-0.2, 0) is 11.3 Å². The molecule has 0 saturated heterocycles. The number of ether oxygens (including phenoxy) is 2. The second-order valence-electron chi connectivity index (χ2n) is 5.64. The molecule has 1 amide bonds. The van der Waals surface area contributed by atoms with Gasteiger partial charge in [-0.1, -0.05) is 6.07 Å². The lowest BCUT2D eigenvalue weighted by Crippen LogP contribution is -2.34. The van der Waals surface area contributed by atoms with Crippen LogP contribution in [0.5, 0.6) is 11.5 Å². The van der Waals surface area contributed by atoms with Gasteiger partial charge < -0.3 is 25.2 Å². The summed E-state index contributed by atoms with van der Waals surface area (Å²) in [5, 5.41) is 15.5. The Hall–Kier alpha value is -1.79. The molecule has 6 nitrogen and oxygen atoms in total. The number of hydrogen-bond acceptors (Lipinski definition) is 5. The van der Waals surface area contributed by atoms with Crippen molar-refractivity contribution >= 4 is 5.91 Å². The summed E-state index contributed by atoms with van der Waals surface area (Å²) < 4.78 is 10.8. The Morgan fingerprint density at radius 3 is 2.64 bits per heavy atom. The van der Waals surface area contributed by atoms with E-state index >= 15 is 0 Å². The number of nitrogens with one attached hydrogen (secondary N) is 2. The summed E-state index contributed by atoms with van der Waals surface area (Å²) in [6.07, 6.45) is 0. The zero-order valence-electron chi connectivity index (χ0n) is 13.7. The van der Waals surface area contributed by atoms with Crippen molar-refractivity contribution in [2.24, 2.45) is 0 Å². The molecule has 0 radical (unpaired) electrons. The van der Waals surface area contributed by atoms with Crippen LogP contribution in [0.2, 0.25) is 0 Å². The van der Waals surface area contributed by atoms with Crippen LogP contribution < -0.4 is 20.1 Å². The highest BCUT2D eigenvalue weighted by molar-refractivity contribution is 5.77. The van der Waals surface area contributed by atoms with E-state index in [4.69, 9.17) is 9.47 Å². The quantitative estimate of drug-likeness (QED) is 0.636. The second kappa shape index (κ2) is 8.60. The number of amides is 1. The van der Waals surface area contributed by atoms with Crippen molar-refractivity contribution in [2.75, 3.05) is 26.8 Å². The van der Waals surface area contributed by atoms with E-state index in [1.807, 2.05) is 19.1 Å². The topological polar surface area (TPSA) is 79.8 Å². The Kier molecular flexibility index (Phi) is 7.14. The molecule has 0 aliphatic rings. The lowest BCUT2D eigenvalue weighted by Gasteiger charge is -2.18. The minimum atomic E-state index is -0.750. The largest absolute Gasteiger partial charge is 0.493 e. The number of methoxy groups -OCH3 is 1. The molecule has 0 spiro atoms. The Morgan fingerprint density at radius 2 is 2.05 bits per heavy atom. The lowest BCUT2D eigenvalue weighted by atomic mass is 10.1. The SMILES string of the molecule is CCNC(=O)COc1ccc(CNCC(C)(C)O)cc1OC. The Labute approximate surface area is 131 Å². The molecule has 1 aromatic carbocycles. The number of carbonyl (C=O) groups is 1. The van der Waals surface area contributed by atoms with Gasteiger partial charge in [0.1, 0.15) is 0 Å². The van der Waals surface area contributed by atoms with E-state index < -0.39 is 5.60 Å². The molecule has 22 heavy (non-hydrogen) atoms. The fourth-order valence-corrected chi connectivity index (χ4v) is 1.85. The Morgan fingerprint density at radius 1 is 1.32 bits per heavy atom. The molecule has 0 saturated carbocycles. The van der Waals surface area contributed by atoms with Gasteiger partial charge in [0.25, 0.3) is 5.91 Å². The van der Waals surface area contributed by atoms with Crippen LogP contribution in [0.3, 0.4) is 0 Å².